The first-order valence-electron chi connectivity index (χ1n) is 12.1. The van der Waals surface area contributed by atoms with Gasteiger partial charge in [-0.15, -0.1) is 0 Å². The molecule has 182 valence electrons. The molecule has 0 radical (unpaired) electrons. The molecular weight excluding hydrogens is 452 g/mol. The highest BCUT2D eigenvalue weighted by molar-refractivity contribution is 6.07. The summed E-state index contributed by atoms with van der Waals surface area (Å²) in [6.45, 7) is 1.67. The van der Waals surface area contributed by atoms with E-state index in [1.165, 1.54) is 16.3 Å². The zero-order valence-electron chi connectivity index (χ0n) is 19.9. The highest BCUT2D eigenvalue weighted by atomic mass is 16.5. The number of nitrogens with zero attached hydrogens (tertiary/aromatic N) is 2. The van der Waals surface area contributed by atoms with Crippen LogP contribution in [-0.4, -0.2) is 33.3 Å². The van der Waals surface area contributed by atoms with Crippen LogP contribution < -0.4 is 4.74 Å². The number of carbonyl (C=O) groups is 1. The van der Waals surface area contributed by atoms with Gasteiger partial charge in [-0.3, -0.25) is 4.98 Å². The minimum absolute atomic E-state index is 0.265. The molecule has 0 unspecified atom stereocenters. The molecule has 6 nitrogen and oxygen atoms in total. The second kappa shape index (κ2) is 11.1. The third-order valence-electron chi connectivity index (χ3n) is 6.28. The third-order valence-corrected chi connectivity index (χ3v) is 6.28. The molecule has 0 aliphatic rings. The number of pyridine rings is 1. The van der Waals surface area contributed by atoms with E-state index in [4.69, 9.17) is 9.47 Å². The zero-order valence-corrected chi connectivity index (χ0v) is 19.9. The van der Waals surface area contributed by atoms with Crippen molar-refractivity contribution >= 4 is 27.8 Å². The Bertz CT molecular complexity index is 1390. The summed E-state index contributed by atoms with van der Waals surface area (Å²) >= 11 is 0. The van der Waals surface area contributed by atoms with E-state index in [0.29, 0.717) is 13.0 Å². The predicted molar refractivity (Wildman–Crippen MR) is 140 cm³/mol. The van der Waals surface area contributed by atoms with E-state index in [2.05, 4.69) is 39.9 Å². The molecule has 0 bridgehead atoms. The Kier molecular flexibility index (Phi) is 7.24. The SMILES string of the molecule is O=C(O)[C@H](Cc1ccc(OCCCn2c3ccccc3c3ccncc32)cc1)OCc1ccccc1. The van der Waals surface area contributed by atoms with E-state index >= 15 is 0 Å². The van der Waals surface area contributed by atoms with Crippen LogP contribution in [0.3, 0.4) is 0 Å². The number of fused-ring (bicyclic) bond motifs is 3. The van der Waals surface area contributed by atoms with E-state index in [1.807, 2.05) is 67.0 Å². The van der Waals surface area contributed by atoms with Crippen LogP contribution in [0.1, 0.15) is 17.5 Å². The Morgan fingerprint density at radius 1 is 0.861 bits per heavy atom. The summed E-state index contributed by atoms with van der Waals surface area (Å²) < 4.78 is 13.9. The van der Waals surface area contributed by atoms with Crippen molar-refractivity contribution in [2.75, 3.05) is 6.61 Å². The maximum Gasteiger partial charge on any atom is 0.333 e. The van der Waals surface area contributed by atoms with E-state index in [0.717, 1.165) is 35.4 Å². The number of aromatic nitrogens is 2. The van der Waals surface area contributed by atoms with Crippen LogP contribution in [0.2, 0.25) is 0 Å². The highest BCUT2D eigenvalue weighted by Crippen LogP contribution is 2.28. The van der Waals surface area contributed by atoms with Crippen LogP contribution in [0.15, 0.2) is 97.3 Å². The summed E-state index contributed by atoms with van der Waals surface area (Å²) in [5, 5.41) is 12.0. The number of rotatable bonds is 11. The average Bonchev–Trinajstić information content (AvgIpc) is 3.24. The topological polar surface area (TPSA) is 73.6 Å². The second-order valence-corrected chi connectivity index (χ2v) is 8.74. The van der Waals surface area contributed by atoms with Gasteiger partial charge >= 0.3 is 5.97 Å². The van der Waals surface area contributed by atoms with Gasteiger partial charge in [-0.2, -0.15) is 0 Å². The number of carboxylic acid groups (broad SMARTS) is 1. The molecule has 1 atom stereocenters. The lowest BCUT2D eigenvalue weighted by atomic mass is 10.1. The fourth-order valence-corrected chi connectivity index (χ4v) is 4.47. The van der Waals surface area contributed by atoms with Crippen LogP contribution in [0.25, 0.3) is 21.8 Å². The molecule has 5 rings (SSSR count). The van der Waals surface area contributed by atoms with Crippen LogP contribution >= 0.6 is 0 Å². The number of para-hydroxylation sites is 1. The molecule has 36 heavy (non-hydrogen) atoms. The van der Waals surface area contributed by atoms with Gasteiger partial charge in [0, 0.05) is 35.5 Å². The summed E-state index contributed by atoms with van der Waals surface area (Å²) in [5.74, 6) is -0.203. The van der Waals surface area contributed by atoms with Crippen molar-refractivity contribution in [3.05, 3.63) is 108 Å². The molecule has 0 aliphatic carbocycles. The van der Waals surface area contributed by atoms with E-state index in [9.17, 15) is 9.90 Å². The molecule has 0 spiro atoms. The van der Waals surface area contributed by atoms with Crippen molar-refractivity contribution in [2.24, 2.45) is 0 Å². The predicted octanol–water partition coefficient (Wildman–Crippen LogP) is 5.87. The monoisotopic (exact) mass is 480 g/mol. The number of aliphatic carboxylic acids is 1. The molecule has 2 heterocycles. The number of ether oxygens (including phenoxy) is 2. The lowest BCUT2D eigenvalue weighted by molar-refractivity contribution is -0.151. The Hall–Kier alpha value is -4.16. The summed E-state index contributed by atoms with van der Waals surface area (Å²) in [7, 11) is 0. The van der Waals surface area contributed by atoms with Crippen molar-refractivity contribution in [3.63, 3.8) is 0 Å². The van der Waals surface area contributed by atoms with Crippen LogP contribution in [-0.2, 0) is 29.1 Å². The summed E-state index contributed by atoms with van der Waals surface area (Å²) in [6.07, 6.45) is 3.99. The maximum atomic E-state index is 11.7. The number of hydrogen-bond acceptors (Lipinski definition) is 4. The minimum atomic E-state index is -0.966. The van der Waals surface area contributed by atoms with E-state index < -0.39 is 12.1 Å². The van der Waals surface area contributed by atoms with Gasteiger partial charge in [-0.25, -0.2) is 4.79 Å². The van der Waals surface area contributed by atoms with Gasteiger partial charge in [0.15, 0.2) is 6.10 Å². The minimum Gasteiger partial charge on any atom is -0.494 e. The van der Waals surface area contributed by atoms with Crippen LogP contribution in [0, 0.1) is 0 Å². The zero-order chi connectivity index (χ0) is 24.7. The largest absolute Gasteiger partial charge is 0.494 e. The molecule has 0 amide bonds. The second-order valence-electron chi connectivity index (χ2n) is 8.74. The van der Waals surface area contributed by atoms with E-state index in [1.54, 1.807) is 0 Å². The van der Waals surface area contributed by atoms with Crippen molar-refractivity contribution < 1.29 is 19.4 Å². The van der Waals surface area contributed by atoms with Crippen molar-refractivity contribution in [1.82, 2.24) is 9.55 Å². The highest BCUT2D eigenvalue weighted by Gasteiger charge is 2.19. The molecule has 0 aliphatic heterocycles. The lowest BCUT2D eigenvalue weighted by Crippen LogP contribution is -2.26. The third kappa shape index (κ3) is 5.39. The van der Waals surface area contributed by atoms with Gasteiger partial charge in [-0.05, 0) is 41.8 Å². The fraction of sp³-hybridized carbons (Fsp3) is 0.200. The molecule has 6 heteroatoms. The summed E-state index contributed by atoms with van der Waals surface area (Å²) in [4.78, 5) is 16.0. The molecule has 0 fully saturated rings. The quantitative estimate of drug-likeness (QED) is 0.239. The Labute approximate surface area is 209 Å². The Morgan fingerprint density at radius 2 is 1.61 bits per heavy atom. The standard InChI is InChI=1S/C30H28N2O4/c33-30(34)29(36-21-23-7-2-1-3-8-23)19-22-11-13-24(14-12-22)35-18-6-17-32-27-10-5-4-9-25(27)26-15-16-31-20-28(26)32/h1-5,7-16,20,29H,6,17-19,21H2,(H,33,34)/t29-/m0/s1. The first kappa shape index (κ1) is 23.6. The van der Waals surface area contributed by atoms with Crippen LogP contribution in [0.4, 0.5) is 0 Å². The molecular formula is C30H28N2O4. The first-order valence-corrected chi connectivity index (χ1v) is 12.1. The maximum absolute atomic E-state index is 11.7. The van der Waals surface area contributed by atoms with Gasteiger partial charge in [0.25, 0.3) is 0 Å². The van der Waals surface area contributed by atoms with E-state index in [-0.39, 0.29) is 6.61 Å². The summed E-state index contributed by atoms with van der Waals surface area (Å²) in [6, 6.07) is 27.6. The van der Waals surface area contributed by atoms with Crippen molar-refractivity contribution in [2.45, 2.75) is 32.1 Å². The molecule has 1 N–H and O–H groups in total. The number of aryl methyl sites for hydroxylation is 1. The molecule has 3 aromatic carbocycles. The Morgan fingerprint density at radius 3 is 2.42 bits per heavy atom. The fourth-order valence-electron chi connectivity index (χ4n) is 4.47. The number of hydrogen-bond donors (Lipinski definition) is 1. The number of carboxylic acids is 1. The number of benzene rings is 3. The van der Waals surface area contributed by atoms with Gasteiger partial charge in [0.1, 0.15) is 5.75 Å². The first-order chi connectivity index (χ1) is 17.7. The van der Waals surface area contributed by atoms with Crippen LogP contribution in [0.5, 0.6) is 5.75 Å². The smallest absolute Gasteiger partial charge is 0.333 e. The summed E-state index contributed by atoms with van der Waals surface area (Å²) in [5.41, 5.74) is 4.17. The lowest BCUT2D eigenvalue weighted by Gasteiger charge is -2.14. The molecule has 5 aromatic rings. The van der Waals surface area contributed by atoms with Gasteiger partial charge in [-0.1, -0.05) is 60.7 Å². The Balaban J connectivity index is 1.15. The normalized spacial score (nSPS) is 12.1. The van der Waals surface area contributed by atoms with Crippen molar-refractivity contribution in [3.8, 4) is 5.75 Å². The molecule has 0 saturated carbocycles. The van der Waals surface area contributed by atoms with Gasteiger partial charge < -0.3 is 19.1 Å². The average molecular weight is 481 g/mol. The van der Waals surface area contributed by atoms with Crippen molar-refractivity contribution in [1.29, 1.82) is 0 Å². The van der Waals surface area contributed by atoms with Gasteiger partial charge in [0.2, 0.25) is 0 Å². The molecule has 0 saturated heterocycles. The molecule has 2 aromatic heterocycles. The van der Waals surface area contributed by atoms with Gasteiger partial charge in [0.05, 0.1) is 24.9 Å².